The third-order valence-corrected chi connectivity index (χ3v) is 4.54. The second-order valence-electron chi connectivity index (χ2n) is 4.38. The van der Waals surface area contributed by atoms with Crippen molar-refractivity contribution in [2.45, 2.75) is 0 Å². The number of benzene rings is 2. The van der Waals surface area contributed by atoms with Crippen molar-refractivity contribution < 1.29 is 9.53 Å². The van der Waals surface area contributed by atoms with Crippen molar-refractivity contribution in [3.8, 4) is 5.75 Å². The highest BCUT2D eigenvalue weighted by molar-refractivity contribution is 7.22. The van der Waals surface area contributed by atoms with Gasteiger partial charge in [-0.05, 0) is 24.3 Å². The maximum absolute atomic E-state index is 11.9. The van der Waals surface area contributed by atoms with Crippen LogP contribution in [0.25, 0.3) is 10.2 Å². The largest absolute Gasteiger partial charge is 0.484 e. The number of thiazole rings is 1. The molecule has 0 aliphatic rings. The van der Waals surface area contributed by atoms with Gasteiger partial charge in [0, 0.05) is 0 Å². The molecule has 0 radical (unpaired) electrons. The number of fused-ring (bicyclic) bond motifs is 1. The second-order valence-corrected chi connectivity index (χ2v) is 6.19. The molecule has 0 bridgehead atoms. The number of nitrogens with one attached hydrogen (secondary N) is 1. The minimum absolute atomic E-state index is 0.0889. The molecule has 4 nitrogen and oxygen atoms in total. The Morgan fingerprint density at radius 3 is 2.73 bits per heavy atom. The summed E-state index contributed by atoms with van der Waals surface area (Å²) in [6.45, 7) is -0.0889. The summed E-state index contributed by atoms with van der Waals surface area (Å²) in [5.41, 5.74) is 0.582. The van der Waals surface area contributed by atoms with Crippen molar-refractivity contribution in [2.24, 2.45) is 0 Å². The van der Waals surface area contributed by atoms with Crippen LogP contribution in [0.4, 0.5) is 5.13 Å². The van der Waals surface area contributed by atoms with Crippen LogP contribution in [0.15, 0.2) is 42.5 Å². The molecule has 1 amide bonds. The van der Waals surface area contributed by atoms with Gasteiger partial charge < -0.3 is 4.74 Å². The Hall–Kier alpha value is -1.82. The summed E-state index contributed by atoms with van der Waals surface area (Å²) in [5.74, 6) is 0.349. The lowest BCUT2D eigenvalue weighted by Crippen LogP contribution is -2.19. The summed E-state index contributed by atoms with van der Waals surface area (Å²) < 4.78 is 6.23. The summed E-state index contributed by atoms with van der Waals surface area (Å²) in [5, 5.41) is 3.97. The van der Waals surface area contributed by atoms with E-state index in [4.69, 9.17) is 27.9 Å². The van der Waals surface area contributed by atoms with Crippen LogP contribution in [0.1, 0.15) is 0 Å². The first-order valence-corrected chi connectivity index (χ1v) is 7.93. The zero-order valence-corrected chi connectivity index (χ0v) is 13.5. The Labute approximate surface area is 140 Å². The van der Waals surface area contributed by atoms with Crippen molar-refractivity contribution in [2.75, 3.05) is 11.9 Å². The number of aromatic nitrogens is 1. The van der Waals surface area contributed by atoms with Crippen molar-refractivity contribution in [3.63, 3.8) is 0 Å². The van der Waals surface area contributed by atoms with Crippen molar-refractivity contribution in [1.29, 1.82) is 0 Å². The van der Waals surface area contributed by atoms with Crippen LogP contribution in [-0.4, -0.2) is 17.5 Å². The number of hydrogen-bond donors (Lipinski definition) is 1. The minimum atomic E-state index is -0.287. The zero-order chi connectivity index (χ0) is 15.5. The van der Waals surface area contributed by atoms with Crippen LogP contribution >= 0.6 is 34.5 Å². The number of nitrogens with zero attached hydrogens (tertiary/aromatic N) is 1. The summed E-state index contributed by atoms with van der Waals surface area (Å²) >= 11 is 13.4. The van der Waals surface area contributed by atoms with Gasteiger partial charge >= 0.3 is 0 Å². The number of hydrogen-bond acceptors (Lipinski definition) is 4. The minimum Gasteiger partial charge on any atom is -0.484 e. The Balaban J connectivity index is 1.68. The molecule has 1 aromatic heterocycles. The van der Waals surface area contributed by atoms with Gasteiger partial charge in [-0.15, -0.1) is 0 Å². The Morgan fingerprint density at radius 2 is 1.95 bits per heavy atom. The van der Waals surface area contributed by atoms with E-state index in [1.54, 1.807) is 18.2 Å². The normalized spacial score (nSPS) is 10.6. The van der Waals surface area contributed by atoms with Crippen LogP contribution in [0.3, 0.4) is 0 Å². The number of anilines is 1. The maximum atomic E-state index is 11.9. The SMILES string of the molecule is O=C(COc1ccccc1)Nc1nc2c(Cl)c(Cl)ccc2s1. The van der Waals surface area contributed by atoms with E-state index in [1.165, 1.54) is 11.3 Å². The van der Waals surface area contributed by atoms with Crippen molar-refractivity contribution in [1.82, 2.24) is 4.98 Å². The highest BCUT2D eigenvalue weighted by Crippen LogP contribution is 2.35. The zero-order valence-electron chi connectivity index (χ0n) is 11.2. The first-order valence-electron chi connectivity index (χ1n) is 6.36. The van der Waals surface area contributed by atoms with E-state index in [2.05, 4.69) is 10.3 Å². The Morgan fingerprint density at radius 1 is 1.18 bits per heavy atom. The van der Waals surface area contributed by atoms with Crippen LogP contribution < -0.4 is 10.1 Å². The summed E-state index contributed by atoms with van der Waals surface area (Å²) in [4.78, 5) is 16.2. The molecule has 0 aliphatic carbocycles. The first-order chi connectivity index (χ1) is 10.6. The van der Waals surface area contributed by atoms with Crippen molar-refractivity contribution >= 4 is 55.8 Å². The van der Waals surface area contributed by atoms with Gasteiger partial charge in [-0.1, -0.05) is 52.7 Å². The predicted octanol–water partition coefficient (Wildman–Crippen LogP) is 4.62. The fourth-order valence-corrected chi connectivity index (χ4v) is 3.12. The molecule has 3 aromatic rings. The quantitative estimate of drug-likeness (QED) is 0.745. The maximum Gasteiger partial charge on any atom is 0.264 e. The number of halogens is 2. The van der Waals surface area contributed by atoms with Crippen molar-refractivity contribution in [3.05, 3.63) is 52.5 Å². The lowest BCUT2D eigenvalue weighted by molar-refractivity contribution is -0.118. The number of carbonyl (C=O) groups excluding carboxylic acids is 1. The summed E-state index contributed by atoms with van der Waals surface area (Å²) in [6, 6.07) is 12.6. The van der Waals surface area contributed by atoms with E-state index >= 15 is 0 Å². The monoisotopic (exact) mass is 352 g/mol. The van der Waals surface area contributed by atoms with Crippen LogP contribution in [0.2, 0.25) is 10.0 Å². The van der Waals surface area contributed by atoms with Gasteiger partial charge in [0.25, 0.3) is 5.91 Å². The predicted molar refractivity (Wildman–Crippen MR) is 90.2 cm³/mol. The van der Waals surface area contributed by atoms with Gasteiger partial charge in [0.2, 0.25) is 0 Å². The number of amides is 1. The third-order valence-electron chi connectivity index (χ3n) is 2.81. The highest BCUT2D eigenvalue weighted by atomic mass is 35.5. The molecular weight excluding hydrogens is 343 g/mol. The number of ether oxygens (including phenoxy) is 1. The average molecular weight is 353 g/mol. The second kappa shape index (κ2) is 6.52. The molecule has 1 heterocycles. The van der Waals surface area contributed by atoms with E-state index < -0.39 is 0 Å². The first kappa shape index (κ1) is 15.1. The molecule has 7 heteroatoms. The number of para-hydroxylation sites is 1. The third kappa shape index (κ3) is 3.32. The number of carbonyl (C=O) groups is 1. The topological polar surface area (TPSA) is 51.2 Å². The van der Waals surface area contributed by atoms with E-state index in [0.29, 0.717) is 26.4 Å². The Bertz CT molecular complexity index is 821. The molecule has 0 aliphatic heterocycles. The van der Waals surface area contributed by atoms with E-state index in [1.807, 2.05) is 24.3 Å². The van der Waals surface area contributed by atoms with E-state index in [-0.39, 0.29) is 12.5 Å². The highest BCUT2D eigenvalue weighted by Gasteiger charge is 2.12. The molecule has 0 saturated heterocycles. The lowest BCUT2D eigenvalue weighted by atomic mass is 10.3. The molecule has 1 N–H and O–H groups in total. The lowest BCUT2D eigenvalue weighted by Gasteiger charge is -2.04. The van der Waals surface area contributed by atoms with E-state index in [9.17, 15) is 4.79 Å². The van der Waals surface area contributed by atoms with Crippen LogP contribution in [-0.2, 0) is 4.79 Å². The van der Waals surface area contributed by atoms with Crippen LogP contribution in [0, 0.1) is 0 Å². The molecule has 0 saturated carbocycles. The molecule has 0 unspecified atom stereocenters. The molecule has 3 rings (SSSR count). The molecule has 22 heavy (non-hydrogen) atoms. The molecule has 2 aromatic carbocycles. The molecule has 112 valence electrons. The molecule has 0 spiro atoms. The smallest absolute Gasteiger partial charge is 0.264 e. The Kier molecular flexibility index (Phi) is 4.47. The van der Waals surface area contributed by atoms with Gasteiger partial charge in [-0.3, -0.25) is 10.1 Å². The van der Waals surface area contributed by atoms with Gasteiger partial charge in [0.05, 0.1) is 14.7 Å². The molecule has 0 fully saturated rings. The molecule has 0 atom stereocenters. The van der Waals surface area contributed by atoms with E-state index in [0.717, 1.165) is 4.70 Å². The number of rotatable bonds is 4. The summed E-state index contributed by atoms with van der Waals surface area (Å²) in [6.07, 6.45) is 0. The summed E-state index contributed by atoms with van der Waals surface area (Å²) in [7, 11) is 0. The van der Waals surface area contributed by atoms with Gasteiger partial charge in [-0.2, -0.15) is 0 Å². The van der Waals surface area contributed by atoms with Gasteiger partial charge in [-0.25, -0.2) is 4.98 Å². The fraction of sp³-hybridized carbons (Fsp3) is 0.0667. The average Bonchev–Trinajstić information content (AvgIpc) is 2.93. The fourth-order valence-electron chi connectivity index (χ4n) is 1.81. The van der Waals surface area contributed by atoms with Crippen LogP contribution in [0.5, 0.6) is 5.75 Å². The standard InChI is InChI=1S/C15H10Cl2N2O2S/c16-10-6-7-11-14(13(10)17)19-15(22-11)18-12(20)8-21-9-4-2-1-3-5-9/h1-7H,8H2,(H,18,19,20). The molecular formula is C15H10Cl2N2O2S. The van der Waals surface area contributed by atoms with Gasteiger partial charge in [0.15, 0.2) is 11.7 Å². The van der Waals surface area contributed by atoms with Gasteiger partial charge in [0.1, 0.15) is 11.3 Å².